The Morgan fingerprint density at radius 2 is 1.16 bits per heavy atom. The summed E-state index contributed by atoms with van der Waals surface area (Å²) in [6.07, 6.45) is 1.91. The van der Waals surface area contributed by atoms with Crippen LogP contribution < -0.4 is 10.6 Å². The second-order valence-electron chi connectivity index (χ2n) is 11.0. The average molecular weight is 566 g/mol. The first kappa shape index (κ1) is 28.1. The van der Waals surface area contributed by atoms with E-state index in [4.69, 9.17) is 0 Å². The maximum atomic E-state index is 13.5. The Morgan fingerprint density at radius 3 is 1.84 bits per heavy atom. The second-order valence-corrected chi connectivity index (χ2v) is 11.0. The molecule has 5 aromatic rings. The van der Waals surface area contributed by atoms with Crippen LogP contribution in [-0.4, -0.2) is 29.8 Å². The van der Waals surface area contributed by atoms with E-state index in [2.05, 4.69) is 27.7 Å². The molecule has 0 radical (unpaired) electrons. The lowest BCUT2D eigenvalue weighted by Gasteiger charge is -2.37. The van der Waals surface area contributed by atoms with Gasteiger partial charge in [0.2, 0.25) is 5.91 Å². The summed E-state index contributed by atoms with van der Waals surface area (Å²) in [5, 5.41) is 6.19. The Morgan fingerprint density at radius 1 is 0.605 bits per heavy atom. The fourth-order valence-electron chi connectivity index (χ4n) is 5.97. The van der Waals surface area contributed by atoms with Crippen LogP contribution in [0, 0.1) is 0 Å². The average Bonchev–Trinajstić information content (AvgIpc) is 3.07. The van der Waals surface area contributed by atoms with Gasteiger partial charge in [-0.25, -0.2) is 0 Å². The minimum absolute atomic E-state index is 0.00946. The van der Waals surface area contributed by atoms with Crippen LogP contribution in [0.2, 0.25) is 0 Å². The summed E-state index contributed by atoms with van der Waals surface area (Å²) >= 11 is 0. The van der Waals surface area contributed by atoms with E-state index in [0.29, 0.717) is 11.5 Å². The third kappa shape index (κ3) is 6.74. The number of likely N-dealkylation sites (tertiary alicyclic amines) is 1. The molecule has 5 heteroatoms. The first-order chi connectivity index (χ1) is 21.2. The van der Waals surface area contributed by atoms with Crippen LogP contribution in [0.1, 0.15) is 46.3 Å². The van der Waals surface area contributed by atoms with Gasteiger partial charge in [-0.2, -0.15) is 0 Å². The number of carbonyl (C=O) groups is 2. The summed E-state index contributed by atoms with van der Waals surface area (Å²) < 4.78 is 0. The van der Waals surface area contributed by atoms with Crippen LogP contribution in [0.3, 0.4) is 0 Å². The summed E-state index contributed by atoms with van der Waals surface area (Å²) in [4.78, 5) is 29.0. The Labute approximate surface area is 253 Å². The highest BCUT2D eigenvalue weighted by atomic mass is 16.2. The van der Waals surface area contributed by atoms with E-state index < -0.39 is 0 Å². The molecule has 1 saturated heterocycles. The van der Waals surface area contributed by atoms with Gasteiger partial charge in [0, 0.05) is 16.9 Å². The molecule has 0 saturated carbocycles. The number of nitrogens with zero attached hydrogens (tertiary/aromatic N) is 1. The fourth-order valence-corrected chi connectivity index (χ4v) is 5.97. The zero-order chi connectivity index (χ0) is 29.4. The van der Waals surface area contributed by atoms with Crippen molar-refractivity contribution in [3.05, 3.63) is 156 Å². The standard InChI is InChI=1S/C38H35N3O2/c42-37(35-19-11-10-18-34(35)30-12-4-1-5-13-30)39-33-22-20-28(21-23-33)29-24-26-41(27-25-29)36(31-14-6-2-7-15-31)38(43)40-32-16-8-3-9-17-32/h1-23,29,36H,24-27H2,(H,39,42)(H,40,43). The summed E-state index contributed by atoms with van der Waals surface area (Å²) in [7, 11) is 0. The van der Waals surface area contributed by atoms with Crippen LogP contribution in [-0.2, 0) is 4.79 Å². The predicted octanol–water partition coefficient (Wildman–Crippen LogP) is 8.17. The van der Waals surface area contributed by atoms with Crippen molar-refractivity contribution in [1.82, 2.24) is 4.90 Å². The summed E-state index contributed by atoms with van der Waals surface area (Å²) in [6.45, 7) is 1.64. The third-order valence-corrected chi connectivity index (χ3v) is 8.20. The monoisotopic (exact) mass is 565 g/mol. The number of nitrogens with one attached hydrogen (secondary N) is 2. The molecule has 2 amide bonds. The van der Waals surface area contributed by atoms with Gasteiger partial charge in [0.15, 0.2) is 0 Å². The molecule has 1 atom stereocenters. The van der Waals surface area contributed by atoms with Crippen LogP contribution in [0.25, 0.3) is 11.1 Å². The molecule has 2 N–H and O–H groups in total. The van der Waals surface area contributed by atoms with Crippen molar-refractivity contribution in [1.29, 1.82) is 0 Å². The number of hydrogen-bond acceptors (Lipinski definition) is 3. The van der Waals surface area contributed by atoms with Crippen molar-refractivity contribution < 1.29 is 9.59 Å². The highest BCUT2D eigenvalue weighted by Gasteiger charge is 2.31. The summed E-state index contributed by atoms with van der Waals surface area (Å²) in [5.41, 5.74) is 6.41. The van der Waals surface area contributed by atoms with Crippen molar-refractivity contribution in [2.45, 2.75) is 24.8 Å². The topological polar surface area (TPSA) is 61.4 Å². The SMILES string of the molecule is O=C(Nc1ccc(C2CCN(C(C(=O)Nc3ccccc3)c3ccccc3)CC2)cc1)c1ccccc1-c1ccccc1. The van der Waals surface area contributed by atoms with Gasteiger partial charge in [-0.1, -0.05) is 109 Å². The van der Waals surface area contributed by atoms with Crippen LogP contribution >= 0.6 is 0 Å². The minimum atomic E-state index is -0.348. The largest absolute Gasteiger partial charge is 0.324 e. The maximum absolute atomic E-state index is 13.5. The van der Waals surface area contributed by atoms with Gasteiger partial charge in [0.05, 0.1) is 0 Å². The first-order valence-electron chi connectivity index (χ1n) is 14.9. The fraction of sp³-hybridized carbons (Fsp3) is 0.158. The molecule has 1 fully saturated rings. The molecule has 214 valence electrons. The minimum Gasteiger partial charge on any atom is -0.324 e. The second kappa shape index (κ2) is 13.3. The van der Waals surface area contributed by atoms with Gasteiger partial charge in [0.1, 0.15) is 6.04 Å². The Hall–Kier alpha value is -5.00. The van der Waals surface area contributed by atoms with Gasteiger partial charge in [0.25, 0.3) is 5.91 Å². The quantitative estimate of drug-likeness (QED) is 0.200. The van der Waals surface area contributed by atoms with E-state index in [1.807, 2.05) is 127 Å². The molecule has 1 heterocycles. The Bertz CT molecular complexity index is 1650. The molecule has 1 aliphatic heterocycles. The molecule has 0 aromatic heterocycles. The summed E-state index contributed by atoms with van der Waals surface area (Å²) in [5.74, 6) is 0.263. The highest BCUT2D eigenvalue weighted by molar-refractivity contribution is 6.08. The van der Waals surface area contributed by atoms with Crippen molar-refractivity contribution >= 4 is 23.2 Å². The van der Waals surface area contributed by atoms with Crippen LogP contribution in [0.4, 0.5) is 11.4 Å². The van der Waals surface area contributed by atoms with Gasteiger partial charge in [-0.05, 0) is 84.4 Å². The lowest BCUT2D eigenvalue weighted by atomic mass is 9.88. The number of piperidine rings is 1. The smallest absolute Gasteiger partial charge is 0.256 e. The molecule has 0 spiro atoms. The molecule has 1 aliphatic rings. The number of hydrogen-bond donors (Lipinski definition) is 2. The number of anilines is 2. The number of rotatable bonds is 8. The molecular weight excluding hydrogens is 530 g/mol. The van der Waals surface area contributed by atoms with E-state index in [9.17, 15) is 9.59 Å². The highest BCUT2D eigenvalue weighted by Crippen LogP contribution is 2.34. The zero-order valence-corrected chi connectivity index (χ0v) is 24.0. The van der Waals surface area contributed by atoms with Gasteiger partial charge in [-0.15, -0.1) is 0 Å². The Balaban J connectivity index is 1.10. The normalized spacial score (nSPS) is 14.5. The van der Waals surface area contributed by atoms with E-state index >= 15 is 0 Å². The summed E-state index contributed by atoms with van der Waals surface area (Å²) in [6, 6.07) is 45.2. The molecular formula is C38H35N3O2. The molecule has 1 unspecified atom stereocenters. The predicted molar refractivity (Wildman–Crippen MR) is 174 cm³/mol. The van der Waals surface area contributed by atoms with Crippen molar-refractivity contribution in [2.24, 2.45) is 0 Å². The lowest BCUT2D eigenvalue weighted by molar-refractivity contribution is -0.122. The number of para-hydroxylation sites is 1. The molecule has 5 aromatic carbocycles. The molecule has 0 bridgehead atoms. The zero-order valence-electron chi connectivity index (χ0n) is 24.0. The molecule has 0 aliphatic carbocycles. The van der Waals surface area contributed by atoms with Crippen molar-refractivity contribution in [3.8, 4) is 11.1 Å². The van der Waals surface area contributed by atoms with Gasteiger partial charge in [-0.3, -0.25) is 14.5 Å². The van der Waals surface area contributed by atoms with Crippen LogP contribution in [0.15, 0.2) is 140 Å². The molecule has 5 nitrogen and oxygen atoms in total. The van der Waals surface area contributed by atoms with Crippen molar-refractivity contribution in [3.63, 3.8) is 0 Å². The third-order valence-electron chi connectivity index (χ3n) is 8.20. The van der Waals surface area contributed by atoms with E-state index in [1.165, 1.54) is 5.56 Å². The van der Waals surface area contributed by atoms with Gasteiger partial charge >= 0.3 is 0 Å². The first-order valence-corrected chi connectivity index (χ1v) is 14.9. The number of benzene rings is 5. The van der Waals surface area contributed by atoms with Crippen LogP contribution in [0.5, 0.6) is 0 Å². The van der Waals surface area contributed by atoms with E-state index in [-0.39, 0.29) is 17.9 Å². The molecule has 43 heavy (non-hydrogen) atoms. The number of amides is 2. The van der Waals surface area contributed by atoms with E-state index in [1.54, 1.807) is 0 Å². The van der Waals surface area contributed by atoms with E-state index in [0.717, 1.165) is 54.0 Å². The van der Waals surface area contributed by atoms with Crippen molar-refractivity contribution in [2.75, 3.05) is 23.7 Å². The van der Waals surface area contributed by atoms with Gasteiger partial charge < -0.3 is 10.6 Å². The molecule has 6 rings (SSSR count). The number of carbonyl (C=O) groups excluding carboxylic acids is 2. The maximum Gasteiger partial charge on any atom is 0.256 e. The Kier molecular flexibility index (Phi) is 8.72. The lowest BCUT2D eigenvalue weighted by Crippen LogP contribution is -2.41.